The monoisotopic (exact) mass is 245 g/mol. The van der Waals surface area contributed by atoms with E-state index in [0.29, 0.717) is 12.8 Å². The summed E-state index contributed by atoms with van der Waals surface area (Å²) in [4.78, 5) is 17.2. The predicted molar refractivity (Wildman–Crippen MR) is 62.5 cm³/mol. The van der Waals surface area contributed by atoms with Crippen LogP contribution >= 0.6 is 0 Å². The molecule has 0 saturated heterocycles. The van der Waals surface area contributed by atoms with E-state index >= 15 is 0 Å². The van der Waals surface area contributed by atoms with Crippen LogP contribution in [-0.2, 0) is 14.4 Å². The van der Waals surface area contributed by atoms with Crippen molar-refractivity contribution in [3.8, 4) is 0 Å². The summed E-state index contributed by atoms with van der Waals surface area (Å²) in [5.74, 6) is -0.185. The van der Waals surface area contributed by atoms with Crippen molar-refractivity contribution in [2.75, 3.05) is 13.3 Å². The minimum atomic E-state index is -0.990. The Kier molecular flexibility index (Phi) is 4.90. The van der Waals surface area contributed by atoms with E-state index in [9.17, 15) is 9.18 Å². The van der Waals surface area contributed by atoms with E-state index in [4.69, 9.17) is 9.57 Å². The van der Waals surface area contributed by atoms with Crippen molar-refractivity contribution in [3.05, 3.63) is 0 Å². The number of ether oxygens (including phenoxy) is 1. The van der Waals surface area contributed by atoms with Crippen LogP contribution in [0.25, 0.3) is 0 Å². The zero-order valence-electron chi connectivity index (χ0n) is 10.7. The molecular weight excluding hydrogens is 225 g/mol. The van der Waals surface area contributed by atoms with Gasteiger partial charge in [0.15, 0.2) is 0 Å². The van der Waals surface area contributed by atoms with Crippen molar-refractivity contribution < 1.29 is 18.8 Å². The SMILES string of the molecule is CCC1(C(=O)OCCCF)CC(C(C)C)=NO1. The molecule has 1 rings (SSSR count). The fourth-order valence-corrected chi connectivity index (χ4v) is 1.61. The first-order valence-corrected chi connectivity index (χ1v) is 6.04. The molecule has 1 unspecified atom stereocenters. The fourth-order valence-electron chi connectivity index (χ4n) is 1.61. The van der Waals surface area contributed by atoms with Gasteiger partial charge in [0.25, 0.3) is 0 Å². The van der Waals surface area contributed by atoms with Crippen LogP contribution in [0.15, 0.2) is 5.16 Å². The second-order valence-electron chi connectivity index (χ2n) is 4.53. The summed E-state index contributed by atoms with van der Waals surface area (Å²) in [6.07, 6.45) is 1.19. The molecule has 98 valence electrons. The number of halogens is 1. The molecule has 0 fully saturated rings. The van der Waals surface area contributed by atoms with Crippen molar-refractivity contribution >= 4 is 11.7 Å². The van der Waals surface area contributed by atoms with Gasteiger partial charge in [-0.15, -0.1) is 0 Å². The van der Waals surface area contributed by atoms with E-state index in [0.717, 1.165) is 5.71 Å². The van der Waals surface area contributed by atoms with Crippen LogP contribution in [0.5, 0.6) is 0 Å². The van der Waals surface area contributed by atoms with Gasteiger partial charge >= 0.3 is 5.97 Å². The number of nitrogens with zero attached hydrogens (tertiary/aromatic N) is 1. The van der Waals surface area contributed by atoms with Gasteiger partial charge in [0, 0.05) is 12.8 Å². The van der Waals surface area contributed by atoms with Crippen molar-refractivity contribution in [1.29, 1.82) is 0 Å². The van der Waals surface area contributed by atoms with Crippen LogP contribution in [0.2, 0.25) is 0 Å². The topological polar surface area (TPSA) is 47.9 Å². The second-order valence-corrected chi connectivity index (χ2v) is 4.53. The molecule has 4 nitrogen and oxygen atoms in total. The molecule has 0 radical (unpaired) electrons. The quantitative estimate of drug-likeness (QED) is 0.533. The summed E-state index contributed by atoms with van der Waals surface area (Å²) in [6.45, 7) is 5.47. The molecular formula is C12H20FNO3. The average Bonchev–Trinajstić information content (AvgIpc) is 2.75. The van der Waals surface area contributed by atoms with Gasteiger partial charge in [0.1, 0.15) is 0 Å². The van der Waals surface area contributed by atoms with E-state index < -0.39 is 18.2 Å². The number of carbonyl (C=O) groups is 1. The largest absolute Gasteiger partial charge is 0.463 e. The lowest BCUT2D eigenvalue weighted by Crippen LogP contribution is -2.40. The highest BCUT2D eigenvalue weighted by Gasteiger charge is 2.46. The number of esters is 1. The molecule has 0 aliphatic carbocycles. The summed E-state index contributed by atoms with van der Waals surface area (Å²) in [5, 5.41) is 3.95. The van der Waals surface area contributed by atoms with E-state index in [1.807, 2.05) is 20.8 Å². The Balaban J connectivity index is 2.57. The van der Waals surface area contributed by atoms with Gasteiger partial charge in [-0.25, -0.2) is 4.79 Å². The Hall–Kier alpha value is -1.13. The smallest absolute Gasteiger partial charge is 0.353 e. The number of oxime groups is 1. The van der Waals surface area contributed by atoms with Crippen LogP contribution in [0.1, 0.15) is 40.0 Å². The van der Waals surface area contributed by atoms with Crippen LogP contribution in [0, 0.1) is 5.92 Å². The summed E-state index contributed by atoms with van der Waals surface area (Å²) >= 11 is 0. The molecule has 1 aliphatic rings. The minimum absolute atomic E-state index is 0.0947. The first-order chi connectivity index (χ1) is 8.05. The molecule has 0 amide bonds. The zero-order chi connectivity index (χ0) is 12.9. The van der Waals surface area contributed by atoms with E-state index in [1.54, 1.807) is 0 Å². The molecule has 0 N–H and O–H groups in total. The van der Waals surface area contributed by atoms with Gasteiger partial charge in [-0.05, 0) is 12.3 Å². The first-order valence-electron chi connectivity index (χ1n) is 6.04. The van der Waals surface area contributed by atoms with Crippen LogP contribution in [-0.4, -0.2) is 30.6 Å². The summed E-state index contributed by atoms with van der Waals surface area (Å²) < 4.78 is 16.9. The minimum Gasteiger partial charge on any atom is -0.463 e. The lowest BCUT2D eigenvalue weighted by Gasteiger charge is -2.22. The summed E-state index contributed by atoms with van der Waals surface area (Å²) in [7, 11) is 0. The maximum atomic E-state index is 11.9. The Labute approximate surface area is 101 Å². The maximum absolute atomic E-state index is 11.9. The van der Waals surface area contributed by atoms with E-state index in [1.165, 1.54) is 0 Å². The lowest BCUT2D eigenvalue weighted by molar-refractivity contribution is -0.170. The van der Waals surface area contributed by atoms with E-state index in [2.05, 4.69) is 5.16 Å². The molecule has 1 aliphatic heterocycles. The lowest BCUT2D eigenvalue weighted by atomic mass is 9.90. The standard InChI is InChI=1S/C12H20FNO3/c1-4-12(11(15)16-7-5-6-13)8-10(9(2)3)14-17-12/h9H,4-8H2,1-3H3. The third-order valence-corrected chi connectivity index (χ3v) is 2.93. The van der Waals surface area contributed by atoms with Crippen molar-refractivity contribution in [2.24, 2.45) is 11.1 Å². The molecule has 1 atom stereocenters. The average molecular weight is 245 g/mol. The highest BCUT2D eigenvalue weighted by Crippen LogP contribution is 2.31. The molecule has 5 heteroatoms. The fraction of sp³-hybridized carbons (Fsp3) is 0.833. The van der Waals surface area contributed by atoms with Gasteiger partial charge in [0.05, 0.1) is 19.0 Å². The normalized spacial score (nSPS) is 23.5. The number of alkyl halides is 1. The van der Waals surface area contributed by atoms with Gasteiger partial charge in [-0.1, -0.05) is 25.9 Å². The van der Waals surface area contributed by atoms with Crippen molar-refractivity contribution in [2.45, 2.75) is 45.6 Å². The zero-order valence-corrected chi connectivity index (χ0v) is 10.7. The number of hydrogen-bond donors (Lipinski definition) is 0. The number of hydrogen-bond acceptors (Lipinski definition) is 4. The first kappa shape index (κ1) is 13.9. The summed E-state index contributed by atoms with van der Waals surface area (Å²) in [6, 6.07) is 0. The third kappa shape index (κ3) is 3.17. The maximum Gasteiger partial charge on any atom is 0.353 e. The second kappa shape index (κ2) is 5.98. The van der Waals surface area contributed by atoms with Crippen molar-refractivity contribution in [3.63, 3.8) is 0 Å². The van der Waals surface area contributed by atoms with Crippen LogP contribution < -0.4 is 0 Å². The Bertz CT molecular complexity index is 304. The van der Waals surface area contributed by atoms with Crippen molar-refractivity contribution in [1.82, 2.24) is 0 Å². The molecule has 0 bridgehead atoms. The molecule has 0 spiro atoms. The highest BCUT2D eigenvalue weighted by molar-refractivity contribution is 5.94. The molecule has 17 heavy (non-hydrogen) atoms. The van der Waals surface area contributed by atoms with Crippen LogP contribution in [0.4, 0.5) is 4.39 Å². The number of rotatable bonds is 6. The van der Waals surface area contributed by atoms with E-state index in [-0.39, 0.29) is 18.9 Å². The van der Waals surface area contributed by atoms with Gasteiger partial charge < -0.3 is 9.57 Å². The Morgan fingerprint density at radius 3 is 2.82 bits per heavy atom. The highest BCUT2D eigenvalue weighted by atomic mass is 19.1. The third-order valence-electron chi connectivity index (χ3n) is 2.93. The number of carbonyl (C=O) groups excluding carboxylic acids is 1. The predicted octanol–water partition coefficient (Wildman–Crippen LogP) is 2.47. The Morgan fingerprint density at radius 1 is 1.65 bits per heavy atom. The van der Waals surface area contributed by atoms with Gasteiger partial charge in [0.2, 0.25) is 5.60 Å². The molecule has 0 aromatic heterocycles. The van der Waals surface area contributed by atoms with Gasteiger partial charge in [-0.3, -0.25) is 4.39 Å². The molecule has 0 saturated carbocycles. The summed E-state index contributed by atoms with van der Waals surface area (Å²) in [5.41, 5.74) is -0.120. The Morgan fingerprint density at radius 2 is 2.35 bits per heavy atom. The molecule has 0 aromatic carbocycles. The van der Waals surface area contributed by atoms with Crippen LogP contribution in [0.3, 0.4) is 0 Å². The molecule has 0 aromatic rings. The molecule has 1 heterocycles. The van der Waals surface area contributed by atoms with Gasteiger partial charge in [-0.2, -0.15) is 0 Å².